The molecule has 3 rings (SSSR count). The smallest absolute Gasteiger partial charge is 0.340 e. The number of rotatable bonds is 6. The van der Waals surface area contributed by atoms with Crippen molar-refractivity contribution in [1.29, 1.82) is 0 Å². The van der Waals surface area contributed by atoms with Gasteiger partial charge < -0.3 is 14.7 Å². The van der Waals surface area contributed by atoms with Crippen LogP contribution in [0.15, 0.2) is 23.4 Å². The van der Waals surface area contributed by atoms with Crippen LogP contribution in [0.5, 0.6) is 11.5 Å². The van der Waals surface area contributed by atoms with Crippen LogP contribution in [0, 0.1) is 19.7 Å². The molecule has 0 atom stereocenters. The van der Waals surface area contributed by atoms with E-state index in [0.29, 0.717) is 23.4 Å². The first-order chi connectivity index (χ1) is 13.3. The van der Waals surface area contributed by atoms with E-state index in [0.717, 1.165) is 16.8 Å². The van der Waals surface area contributed by atoms with Gasteiger partial charge >= 0.3 is 5.97 Å². The van der Waals surface area contributed by atoms with Crippen molar-refractivity contribution < 1.29 is 23.9 Å². The highest BCUT2D eigenvalue weighted by molar-refractivity contribution is 6.02. The molecule has 0 aliphatic carbocycles. The number of carbonyl (C=O) groups excluding carboxylic acids is 1. The predicted octanol–water partition coefficient (Wildman–Crippen LogP) is 3.94. The second-order valence-corrected chi connectivity index (χ2v) is 7.23. The van der Waals surface area contributed by atoms with E-state index >= 15 is 0 Å². The Morgan fingerprint density at radius 1 is 1.32 bits per heavy atom. The van der Waals surface area contributed by atoms with Crippen molar-refractivity contribution in [3.8, 4) is 11.5 Å². The average molecular weight is 386 g/mol. The highest BCUT2D eigenvalue weighted by Gasteiger charge is 2.20. The van der Waals surface area contributed by atoms with Gasteiger partial charge in [-0.25, -0.2) is 9.18 Å². The molecule has 1 N–H and O–H groups in total. The number of aryl methyl sites for hydroxylation is 1. The molecule has 0 fully saturated rings. The number of benzene rings is 1. The molecule has 148 valence electrons. The Labute approximate surface area is 163 Å². The Morgan fingerprint density at radius 2 is 2.07 bits per heavy atom. The van der Waals surface area contributed by atoms with E-state index in [-0.39, 0.29) is 30.4 Å². The number of ether oxygens (including phenoxy) is 1. The molecule has 0 amide bonds. The highest BCUT2D eigenvalue weighted by atomic mass is 19.1. The van der Waals surface area contributed by atoms with Crippen molar-refractivity contribution in [1.82, 2.24) is 4.98 Å². The zero-order valence-electron chi connectivity index (χ0n) is 16.4. The molecule has 0 saturated heterocycles. The van der Waals surface area contributed by atoms with Crippen LogP contribution in [0.25, 0.3) is 0 Å². The van der Waals surface area contributed by atoms with E-state index < -0.39 is 11.8 Å². The number of aromatic hydroxyl groups is 1. The average Bonchev–Trinajstić information content (AvgIpc) is 3.07. The molecule has 1 aliphatic rings. The quantitative estimate of drug-likeness (QED) is 0.761. The van der Waals surface area contributed by atoms with Crippen LogP contribution in [0.4, 0.5) is 4.39 Å². The fraction of sp³-hybridized carbons (Fsp3) is 0.381. The lowest BCUT2D eigenvalue weighted by Gasteiger charge is -2.16. The van der Waals surface area contributed by atoms with Gasteiger partial charge in [0.25, 0.3) is 0 Å². The third kappa shape index (κ3) is 4.13. The zero-order chi connectivity index (χ0) is 20.4. The molecule has 2 aromatic rings. The van der Waals surface area contributed by atoms with Gasteiger partial charge in [-0.15, -0.1) is 0 Å². The topological polar surface area (TPSA) is 81.0 Å². The molecular formula is C21H23FN2O4. The minimum absolute atomic E-state index is 0.00183. The van der Waals surface area contributed by atoms with Crippen LogP contribution in [0.3, 0.4) is 0 Å². The summed E-state index contributed by atoms with van der Waals surface area (Å²) in [6.45, 7) is 7.51. The SMILES string of the molecule is Cc1cc(OCC2=NOC(=O)C2)c(F)c(C)c1Cc1ccc(O)c(C(C)C)n1. The molecule has 0 spiro atoms. The zero-order valence-corrected chi connectivity index (χ0v) is 16.4. The van der Waals surface area contributed by atoms with Crippen LogP contribution in [-0.2, 0) is 16.1 Å². The maximum atomic E-state index is 14.8. The standard InChI is InChI=1S/C21H23FN2O4/c1-11(2)21-17(25)6-5-14(23-21)8-16-12(3)7-18(20(22)13(16)4)27-10-15-9-19(26)28-24-15/h5-7,11,25H,8-10H2,1-4H3. The third-order valence-electron chi connectivity index (χ3n) is 4.71. The molecule has 0 bridgehead atoms. The summed E-state index contributed by atoms with van der Waals surface area (Å²) in [5, 5.41) is 13.5. The number of hydrogen-bond acceptors (Lipinski definition) is 6. The summed E-state index contributed by atoms with van der Waals surface area (Å²) in [5.41, 5.74) is 4.00. The number of pyridine rings is 1. The maximum absolute atomic E-state index is 14.8. The highest BCUT2D eigenvalue weighted by Crippen LogP contribution is 2.30. The summed E-state index contributed by atoms with van der Waals surface area (Å²) in [6, 6.07) is 5.01. The number of halogens is 1. The first kappa shape index (κ1) is 19.8. The molecule has 0 radical (unpaired) electrons. The van der Waals surface area contributed by atoms with Crippen LogP contribution < -0.4 is 4.74 Å². The van der Waals surface area contributed by atoms with Gasteiger partial charge in [0, 0.05) is 12.1 Å². The Kier molecular flexibility index (Phi) is 5.63. The molecule has 28 heavy (non-hydrogen) atoms. The second-order valence-electron chi connectivity index (χ2n) is 7.23. The maximum Gasteiger partial charge on any atom is 0.340 e. The molecule has 2 heterocycles. The first-order valence-corrected chi connectivity index (χ1v) is 9.12. The van der Waals surface area contributed by atoms with Crippen LogP contribution in [0.2, 0.25) is 0 Å². The van der Waals surface area contributed by atoms with E-state index in [1.54, 1.807) is 25.1 Å². The molecule has 1 aromatic heterocycles. The number of hydrogen-bond donors (Lipinski definition) is 1. The lowest BCUT2D eigenvalue weighted by molar-refractivity contribution is -0.140. The van der Waals surface area contributed by atoms with Crippen LogP contribution >= 0.6 is 0 Å². The van der Waals surface area contributed by atoms with E-state index in [2.05, 4.69) is 15.0 Å². The Morgan fingerprint density at radius 3 is 2.71 bits per heavy atom. The first-order valence-electron chi connectivity index (χ1n) is 9.12. The van der Waals surface area contributed by atoms with Gasteiger partial charge in [-0.1, -0.05) is 19.0 Å². The largest absolute Gasteiger partial charge is 0.506 e. The Bertz CT molecular complexity index is 954. The Balaban J connectivity index is 1.82. The van der Waals surface area contributed by atoms with Crippen molar-refractivity contribution in [2.75, 3.05) is 6.61 Å². The Hall–Kier alpha value is -2.96. The molecule has 1 aromatic carbocycles. The van der Waals surface area contributed by atoms with Gasteiger partial charge in [0.05, 0.1) is 12.1 Å². The van der Waals surface area contributed by atoms with Crippen molar-refractivity contribution >= 4 is 11.7 Å². The number of carbonyl (C=O) groups is 1. The van der Waals surface area contributed by atoms with Crippen molar-refractivity contribution in [3.63, 3.8) is 0 Å². The fourth-order valence-electron chi connectivity index (χ4n) is 3.14. The van der Waals surface area contributed by atoms with Crippen molar-refractivity contribution in [2.24, 2.45) is 5.16 Å². The summed E-state index contributed by atoms with van der Waals surface area (Å²) >= 11 is 0. The molecule has 0 saturated carbocycles. The summed E-state index contributed by atoms with van der Waals surface area (Å²) in [7, 11) is 0. The van der Waals surface area contributed by atoms with E-state index in [4.69, 9.17) is 4.74 Å². The third-order valence-corrected chi connectivity index (χ3v) is 4.71. The summed E-state index contributed by atoms with van der Waals surface area (Å²) in [6.07, 6.45) is 0.506. The molecule has 1 aliphatic heterocycles. The summed E-state index contributed by atoms with van der Waals surface area (Å²) in [5.74, 6) is -0.524. The predicted molar refractivity (Wildman–Crippen MR) is 102 cm³/mol. The normalized spacial score (nSPS) is 13.6. The van der Waals surface area contributed by atoms with E-state index in [9.17, 15) is 14.3 Å². The fourth-order valence-corrected chi connectivity index (χ4v) is 3.14. The van der Waals surface area contributed by atoms with Gasteiger partial charge in [0.1, 0.15) is 18.1 Å². The van der Waals surface area contributed by atoms with E-state index in [1.807, 2.05) is 20.8 Å². The second kappa shape index (κ2) is 7.96. The minimum Gasteiger partial charge on any atom is -0.506 e. The van der Waals surface area contributed by atoms with Crippen molar-refractivity contribution in [2.45, 2.75) is 46.5 Å². The van der Waals surface area contributed by atoms with Gasteiger partial charge in [0.15, 0.2) is 11.6 Å². The number of nitrogens with zero attached hydrogens (tertiary/aromatic N) is 2. The van der Waals surface area contributed by atoms with E-state index in [1.165, 1.54) is 0 Å². The minimum atomic E-state index is -0.450. The van der Waals surface area contributed by atoms with Crippen LogP contribution in [-0.4, -0.2) is 28.4 Å². The number of aromatic nitrogens is 1. The summed E-state index contributed by atoms with van der Waals surface area (Å²) in [4.78, 5) is 20.1. The molecule has 0 unspecified atom stereocenters. The van der Waals surface area contributed by atoms with Gasteiger partial charge in [-0.3, -0.25) is 4.98 Å². The number of oxime groups is 1. The van der Waals surface area contributed by atoms with Gasteiger partial charge in [-0.2, -0.15) is 0 Å². The molecule has 6 nitrogen and oxygen atoms in total. The summed E-state index contributed by atoms with van der Waals surface area (Å²) < 4.78 is 20.4. The monoisotopic (exact) mass is 386 g/mol. The lowest BCUT2D eigenvalue weighted by Crippen LogP contribution is -2.12. The molecular weight excluding hydrogens is 363 g/mol. The van der Waals surface area contributed by atoms with Crippen LogP contribution in [0.1, 0.15) is 54.3 Å². The van der Waals surface area contributed by atoms with Crippen molar-refractivity contribution in [3.05, 3.63) is 52.1 Å². The lowest BCUT2D eigenvalue weighted by atomic mass is 9.96. The van der Waals surface area contributed by atoms with Gasteiger partial charge in [-0.05, 0) is 54.7 Å². The molecule has 7 heteroatoms. The van der Waals surface area contributed by atoms with Gasteiger partial charge in [0.2, 0.25) is 0 Å².